The Kier molecular flexibility index (Phi) is 2.93. The SMILES string of the molecule is CC(=O)O[C@@H]1CC[C@@H]2C(=O)O[C@H]3C4=C(C)C(=O)O[C@H]4C[C@@H]1[C@@]23C. The van der Waals surface area contributed by atoms with Gasteiger partial charge in [0.25, 0.3) is 0 Å². The maximum Gasteiger partial charge on any atom is 0.334 e. The van der Waals surface area contributed by atoms with E-state index in [4.69, 9.17) is 14.2 Å². The van der Waals surface area contributed by atoms with E-state index in [1.54, 1.807) is 6.92 Å². The number of fused-ring (bicyclic) bond motifs is 2. The van der Waals surface area contributed by atoms with Gasteiger partial charge in [-0.3, -0.25) is 9.59 Å². The van der Waals surface area contributed by atoms with Crippen LogP contribution in [0.25, 0.3) is 0 Å². The summed E-state index contributed by atoms with van der Waals surface area (Å²) in [5.41, 5.74) is 0.923. The van der Waals surface area contributed by atoms with Gasteiger partial charge in [0.1, 0.15) is 18.3 Å². The highest BCUT2D eigenvalue weighted by Crippen LogP contribution is 2.61. The third-order valence-electron chi connectivity index (χ3n) is 6.23. The van der Waals surface area contributed by atoms with E-state index < -0.39 is 11.5 Å². The molecule has 0 N–H and O–H groups in total. The van der Waals surface area contributed by atoms with Gasteiger partial charge in [0, 0.05) is 29.4 Å². The van der Waals surface area contributed by atoms with E-state index in [1.165, 1.54) is 6.92 Å². The minimum atomic E-state index is -0.450. The van der Waals surface area contributed by atoms with Crippen molar-refractivity contribution in [3.8, 4) is 0 Å². The van der Waals surface area contributed by atoms with Crippen LogP contribution >= 0.6 is 0 Å². The van der Waals surface area contributed by atoms with Gasteiger partial charge >= 0.3 is 17.9 Å². The molecule has 2 heterocycles. The van der Waals surface area contributed by atoms with Crippen molar-refractivity contribution in [1.29, 1.82) is 0 Å². The molecule has 124 valence electrons. The number of carbonyl (C=O) groups is 3. The highest BCUT2D eigenvalue weighted by Gasteiger charge is 2.68. The largest absolute Gasteiger partial charge is 0.462 e. The molecule has 0 radical (unpaired) electrons. The predicted octanol–water partition coefficient (Wildman–Crippen LogP) is 1.52. The smallest absolute Gasteiger partial charge is 0.334 e. The minimum Gasteiger partial charge on any atom is -0.462 e. The van der Waals surface area contributed by atoms with Crippen molar-refractivity contribution in [1.82, 2.24) is 0 Å². The quantitative estimate of drug-likeness (QED) is 0.538. The maximum atomic E-state index is 12.4. The van der Waals surface area contributed by atoms with Crippen LogP contribution in [0.15, 0.2) is 11.1 Å². The van der Waals surface area contributed by atoms with E-state index in [9.17, 15) is 14.4 Å². The highest BCUT2D eigenvalue weighted by atomic mass is 16.6. The normalized spacial score (nSPS) is 44.4. The van der Waals surface area contributed by atoms with Gasteiger partial charge in [0.15, 0.2) is 0 Å². The van der Waals surface area contributed by atoms with E-state index in [-0.39, 0.29) is 42.0 Å². The first-order valence-corrected chi connectivity index (χ1v) is 8.13. The molecule has 0 bridgehead atoms. The Hall–Kier alpha value is -1.85. The summed E-state index contributed by atoms with van der Waals surface area (Å²) >= 11 is 0. The molecule has 6 heteroatoms. The van der Waals surface area contributed by atoms with Gasteiger partial charge in [-0.25, -0.2) is 4.79 Å². The molecule has 2 aliphatic carbocycles. The number of carbonyl (C=O) groups excluding carboxylic acids is 3. The van der Waals surface area contributed by atoms with Crippen LogP contribution in [0.5, 0.6) is 0 Å². The summed E-state index contributed by atoms with van der Waals surface area (Å²) in [6, 6.07) is 0. The number of hydrogen-bond acceptors (Lipinski definition) is 6. The van der Waals surface area contributed by atoms with E-state index in [0.717, 1.165) is 5.57 Å². The minimum absolute atomic E-state index is 0.0472. The Bertz CT molecular complexity index is 649. The van der Waals surface area contributed by atoms with Crippen LogP contribution in [0.1, 0.15) is 40.0 Å². The zero-order valence-electron chi connectivity index (χ0n) is 13.5. The van der Waals surface area contributed by atoms with Crippen molar-refractivity contribution in [3.05, 3.63) is 11.1 Å². The monoisotopic (exact) mass is 320 g/mol. The van der Waals surface area contributed by atoms with Gasteiger partial charge < -0.3 is 14.2 Å². The van der Waals surface area contributed by atoms with Crippen molar-refractivity contribution in [2.45, 2.75) is 58.3 Å². The fraction of sp³-hybridized carbons (Fsp3) is 0.706. The second-order valence-electron chi connectivity index (χ2n) is 7.28. The van der Waals surface area contributed by atoms with Crippen molar-refractivity contribution in [2.75, 3.05) is 0 Å². The lowest BCUT2D eigenvalue weighted by atomic mass is 9.53. The average molecular weight is 320 g/mol. The fourth-order valence-electron chi connectivity index (χ4n) is 5.15. The van der Waals surface area contributed by atoms with Crippen LogP contribution in [-0.2, 0) is 28.6 Å². The molecule has 0 aromatic rings. The molecule has 0 amide bonds. The summed E-state index contributed by atoms with van der Waals surface area (Å²) in [6.45, 7) is 5.16. The fourth-order valence-corrected chi connectivity index (χ4v) is 5.15. The number of esters is 3. The van der Waals surface area contributed by atoms with Crippen molar-refractivity contribution in [3.63, 3.8) is 0 Å². The summed E-state index contributed by atoms with van der Waals surface area (Å²) in [6.07, 6.45) is 0.793. The lowest BCUT2D eigenvalue weighted by Gasteiger charge is -2.51. The third-order valence-corrected chi connectivity index (χ3v) is 6.23. The zero-order valence-corrected chi connectivity index (χ0v) is 13.5. The molecule has 0 aromatic heterocycles. The molecule has 2 saturated carbocycles. The third kappa shape index (κ3) is 1.78. The van der Waals surface area contributed by atoms with Gasteiger partial charge in [0.2, 0.25) is 0 Å². The Morgan fingerprint density at radius 2 is 2.00 bits per heavy atom. The first-order valence-electron chi connectivity index (χ1n) is 8.13. The van der Waals surface area contributed by atoms with E-state index in [1.807, 2.05) is 6.92 Å². The zero-order chi connectivity index (χ0) is 16.5. The summed E-state index contributed by atoms with van der Waals surface area (Å²) in [4.78, 5) is 35.8. The molecule has 3 fully saturated rings. The van der Waals surface area contributed by atoms with Gasteiger partial charge in [-0.1, -0.05) is 6.92 Å². The predicted molar refractivity (Wildman–Crippen MR) is 77.0 cm³/mol. The van der Waals surface area contributed by atoms with Gasteiger partial charge in [-0.2, -0.15) is 0 Å². The first kappa shape index (κ1) is 14.7. The molecular formula is C17H20O6. The van der Waals surface area contributed by atoms with E-state index >= 15 is 0 Å². The van der Waals surface area contributed by atoms with Crippen LogP contribution in [-0.4, -0.2) is 36.2 Å². The lowest BCUT2D eigenvalue weighted by Crippen LogP contribution is -2.56. The second-order valence-corrected chi connectivity index (χ2v) is 7.28. The van der Waals surface area contributed by atoms with Crippen molar-refractivity contribution >= 4 is 17.9 Å². The molecular weight excluding hydrogens is 300 g/mol. The number of hydrogen-bond donors (Lipinski definition) is 0. The summed E-state index contributed by atoms with van der Waals surface area (Å²) in [7, 11) is 0. The van der Waals surface area contributed by atoms with Crippen LogP contribution < -0.4 is 0 Å². The van der Waals surface area contributed by atoms with Crippen molar-refractivity contribution < 1.29 is 28.6 Å². The van der Waals surface area contributed by atoms with E-state index in [2.05, 4.69) is 0 Å². The molecule has 0 spiro atoms. The summed E-state index contributed by atoms with van der Waals surface area (Å²) in [5.74, 6) is -1.12. The number of ether oxygens (including phenoxy) is 3. The van der Waals surface area contributed by atoms with Crippen LogP contribution in [0.4, 0.5) is 0 Å². The molecule has 6 nitrogen and oxygen atoms in total. The molecule has 4 aliphatic rings. The average Bonchev–Trinajstić information content (AvgIpc) is 2.88. The Morgan fingerprint density at radius 3 is 2.70 bits per heavy atom. The van der Waals surface area contributed by atoms with E-state index in [0.29, 0.717) is 24.8 Å². The topological polar surface area (TPSA) is 78.9 Å². The lowest BCUT2D eigenvalue weighted by molar-refractivity contribution is -0.166. The maximum absolute atomic E-state index is 12.4. The molecule has 6 atom stereocenters. The standard InChI is InChI=1S/C17H20O6/c1-7-13-12(22-15(7)19)6-10-11(21-8(2)18)5-4-9-16(20)23-14(13)17(9,10)3/h9-12,14H,4-6H2,1-3H3/t9-,10+,11-,12+,14+,17-/m1/s1. The second kappa shape index (κ2) is 4.58. The Labute approximate surface area is 134 Å². The van der Waals surface area contributed by atoms with Gasteiger partial charge in [-0.05, 0) is 26.2 Å². The summed E-state index contributed by atoms with van der Waals surface area (Å²) in [5, 5.41) is 0. The van der Waals surface area contributed by atoms with Gasteiger partial charge in [0.05, 0.1) is 5.92 Å². The highest BCUT2D eigenvalue weighted by molar-refractivity contribution is 5.92. The Balaban J connectivity index is 1.80. The number of rotatable bonds is 1. The first-order chi connectivity index (χ1) is 10.8. The molecule has 4 rings (SSSR count). The molecule has 2 aliphatic heterocycles. The molecule has 23 heavy (non-hydrogen) atoms. The molecule has 1 saturated heterocycles. The van der Waals surface area contributed by atoms with Crippen LogP contribution in [0.3, 0.4) is 0 Å². The van der Waals surface area contributed by atoms with Gasteiger partial charge in [-0.15, -0.1) is 0 Å². The Morgan fingerprint density at radius 1 is 1.26 bits per heavy atom. The molecule has 0 aromatic carbocycles. The molecule has 0 unspecified atom stereocenters. The van der Waals surface area contributed by atoms with Crippen LogP contribution in [0.2, 0.25) is 0 Å². The van der Waals surface area contributed by atoms with Crippen molar-refractivity contribution in [2.24, 2.45) is 17.3 Å². The summed E-state index contributed by atoms with van der Waals surface area (Å²) < 4.78 is 16.7. The van der Waals surface area contributed by atoms with Crippen LogP contribution in [0, 0.1) is 17.3 Å².